The van der Waals surface area contributed by atoms with Crippen LogP contribution in [0.1, 0.15) is 12.6 Å². The molecule has 1 aliphatic rings. The summed E-state index contributed by atoms with van der Waals surface area (Å²) < 4.78 is 5.39. The molecule has 4 nitrogen and oxygen atoms in total. The van der Waals surface area contributed by atoms with Gasteiger partial charge in [-0.3, -0.25) is 4.90 Å². The van der Waals surface area contributed by atoms with E-state index >= 15 is 0 Å². The average Bonchev–Trinajstić information content (AvgIpc) is 2.76. The Bertz CT molecular complexity index is 604. The molecule has 0 saturated carbocycles. The van der Waals surface area contributed by atoms with Gasteiger partial charge in [0.25, 0.3) is 0 Å². The molecule has 20 heavy (non-hydrogen) atoms. The van der Waals surface area contributed by atoms with Crippen LogP contribution < -0.4 is 10.5 Å². The number of rotatable bonds is 3. The number of pyridine rings is 1. The second kappa shape index (κ2) is 5.38. The number of nitrogens with zero attached hydrogens (tertiary/aromatic N) is 2. The van der Waals surface area contributed by atoms with Gasteiger partial charge in [0, 0.05) is 31.1 Å². The standard InChI is InChI=1S/C16H21N3O/c1-11-8-19(10-14(11)17)9-13-7-6-12-4-3-5-15(20-2)16(12)18-13/h3-7,11,14H,8-10,17H2,1-2H3. The maximum atomic E-state index is 6.08. The van der Waals surface area contributed by atoms with Crippen LogP contribution in [0.5, 0.6) is 5.75 Å². The fourth-order valence-electron chi connectivity index (χ4n) is 2.87. The predicted molar refractivity (Wildman–Crippen MR) is 80.7 cm³/mol. The van der Waals surface area contributed by atoms with Gasteiger partial charge in [-0.15, -0.1) is 0 Å². The lowest BCUT2D eigenvalue weighted by Gasteiger charge is -2.15. The second-order valence-corrected chi connectivity index (χ2v) is 5.67. The molecule has 0 aliphatic carbocycles. The van der Waals surface area contributed by atoms with Crippen molar-refractivity contribution < 1.29 is 4.74 Å². The largest absolute Gasteiger partial charge is 0.494 e. The van der Waals surface area contributed by atoms with Crippen molar-refractivity contribution in [3.8, 4) is 5.75 Å². The van der Waals surface area contributed by atoms with Crippen LogP contribution in [-0.4, -0.2) is 36.1 Å². The molecule has 106 valence electrons. The maximum Gasteiger partial charge on any atom is 0.145 e. The van der Waals surface area contributed by atoms with Crippen molar-refractivity contribution in [3.63, 3.8) is 0 Å². The SMILES string of the molecule is COc1cccc2ccc(CN3CC(C)C(N)C3)nc12. The predicted octanol–water partition coefficient (Wildman–Crippen LogP) is 2.02. The van der Waals surface area contributed by atoms with E-state index in [1.165, 1.54) is 0 Å². The summed E-state index contributed by atoms with van der Waals surface area (Å²) in [6.07, 6.45) is 0. The summed E-state index contributed by atoms with van der Waals surface area (Å²) >= 11 is 0. The van der Waals surface area contributed by atoms with Gasteiger partial charge in [0.2, 0.25) is 0 Å². The Morgan fingerprint density at radius 1 is 1.30 bits per heavy atom. The van der Waals surface area contributed by atoms with Gasteiger partial charge >= 0.3 is 0 Å². The lowest BCUT2D eigenvalue weighted by molar-refractivity contribution is 0.315. The van der Waals surface area contributed by atoms with Crippen molar-refractivity contribution in [2.75, 3.05) is 20.2 Å². The molecule has 1 aliphatic heterocycles. The van der Waals surface area contributed by atoms with Gasteiger partial charge in [-0.2, -0.15) is 0 Å². The summed E-state index contributed by atoms with van der Waals surface area (Å²) in [5.41, 5.74) is 8.08. The lowest BCUT2D eigenvalue weighted by atomic mass is 10.1. The molecule has 0 bridgehead atoms. The Hall–Kier alpha value is -1.65. The highest BCUT2D eigenvalue weighted by Crippen LogP contribution is 2.24. The van der Waals surface area contributed by atoms with E-state index in [1.807, 2.05) is 12.1 Å². The highest BCUT2D eigenvalue weighted by atomic mass is 16.5. The smallest absolute Gasteiger partial charge is 0.145 e. The van der Waals surface area contributed by atoms with E-state index in [-0.39, 0.29) is 6.04 Å². The average molecular weight is 271 g/mol. The highest BCUT2D eigenvalue weighted by Gasteiger charge is 2.26. The summed E-state index contributed by atoms with van der Waals surface area (Å²) in [6, 6.07) is 10.5. The van der Waals surface area contributed by atoms with E-state index in [0.29, 0.717) is 5.92 Å². The van der Waals surface area contributed by atoms with Crippen molar-refractivity contribution in [3.05, 3.63) is 36.0 Å². The monoisotopic (exact) mass is 271 g/mol. The number of hydrogen-bond acceptors (Lipinski definition) is 4. The number of nitrogens with two attached hydrogens (primary N) is 1. The summed E-state index contributed by atoms with van der Waals surface area (Å²) in [7, 11) is 1.68. The van der Waals surface area contributed by atoms with Crippen LogP contribution in [0.25, 0.3) is 10.9 Å². The fraction of sp³-hybridized carbons (Fsp3) is 0.438. The first kappa shape index (κ1) is 13.3. The summed E-state index contributed by atoms with van der Waals surface area (Å²) in [4.78, 5) is 7.13. The highest BCUT2D eigenvalue weighted by molar-refractivity contribution is 5.84. The van der Waals surface area contributed by atoms with E-state index < -0.39 is 0 Å². The molecule has 2 unspecified atom stereocenters. The Kier molecular flexibility index (Phi) is 3.59. The number of fused-ring (bicyclic) bond motifs is 1. The van der Waals surface area contributed by atoms with Crippen LogP contribution in [0.15, 0.2) is 30.3 Å². The molecule has 1 saturated heterocycles. The summed E-state index contributed by atoms with van der Waals surface area (Å²) in [5.74, 6) is 1.39. The van der Waals surface area contributed by atoms with Crippen molar-refractivity contribution in [1.29, 1.82) is 0 Å². The molecule has 1 aromatic carbocycles. The number of aromatic nitrogens is 1. The van der Waals surface area contributed by atoms with Gasteiger partial charge < -0.3 is 10.5 Å². The Morgan fingerprint density at radius 3 is 2.85 bits per heavy atom. The Labute approximate surface area is 119 Å². The number of benzene rings is 1. The topological polar surface area (TPSA) is 51.4 Å². The van der Waals surface area contributed by atoms with Crippen LogP contribution in [0.4, 0.5) is 0 Å². The molecule has 2 atom stereocenters. The van der Waals surface area contributed by atoms with Gasteiger partial charge in [0.1, 0.15) is 11.3 Å². The van der Waals surface area contributed by atoms with E-state index in [2.05, 4.69) is 30.0 Å². The summed E-state index contributed by atoms with van der Waals surface area (Å²) in [6.45, 7) is 5.06. The van der Waals surface area contributed by atoms with Crippen LogP contribution >= 0.6 is 0 Å². The minimum atomic E-state index is 0.282. The molecule has 1 aromatic heterocycles. The van der Waals surface area contributed by atoms with Gasteiger partial charge in [0.05, 0.1) is 12.8 Å². The van der Waals surface area contributed by atoms with Crippen molar-refractivity contribution in [2.24, 2.45) is 11.7 Å². The maximum absolute atomic E-state index is 6.08. The van der Waals surface area contributed by atoms with Crippen molar-refractivity contribution in [2.45, 2.75) is 19.5 Å². The fourth-order valence-corrected chi connectivity index (χ4v) is 2.87. The van der Waals surface area contributed by atoms with Gasteiger partial charge in [0.15, 0.2) is 0 Å². The number of para-hydroxylation sites is 1. The van der Waals surface area contributed by atoms with Gasteiger partial charge in [-0.25, -0.2) is 4.98 Å². The molecule has 2 heterocycles. The minimum Gasteiger partial charge on any atom is -0.494 e. The zero-order chi connectivity index (χ0) is 14.1. The molecule has 1 fully saturated rings. The normalized spacial score (nSPS) is 23.4. The van der Waals surface area contributed by atoms with Crippen LogP contribution in [0.3, 0.4) is 0 Å². The molecule has 4 heteroatoms. The van der Waals surface area contributed by atoms with Gasteiger partial charge in [-0.05, 0) is 18.1 Å². The Morgan fingerprint density at radius 2 is 2.15 bits per heavy atom. The van der Waals surface area contributed by atoms with E-state index in [0.717, 1.165) is 42.0 Å². The molecular formula is C16H21N3O. The second-order valence-electron chi connectivity index (χ2n) is 5.67. The molecule has 0 radical (unpaired) electrons. The van der Waals surface area contributed by atoms with E-state index in [4.69, 9.17) is 15.5 Å². The quantitative estimate of drug-likeness (QED) is 0.928. The first-order valence-electron chi connectivity index (χ1n) is 7.08. The van der Waals surface area contributed by atoms with Crippen LogP contribution in [-0.2, 0) is 6.54 Å². The number of hydrogen-bond donors (Lipinski definition) is 1. The first-order valence-corrected chi connectivity index (χ1v) is 7.08. The van der Waals surface area contributed by atoms with E-state index in [9.17, 15) is 0 Å². The molecule has 0 spiro atoms. The molecule has 3 rings (SSSR count). The number of likely N-dealkylation sites (tertiary alicyclic amines) is 1. The molecule has 2 N–H and O–H groups in total. The van der Waals surface area contributed by atoms with Crippen LogP contribution in [0, 0.1) is 5.92 Å². The summed E-state index contributed by atoms with van der Waals surface area (Å²) in [5, 5.41) is 1.11. The number of methoxy groups -OCH3 is 1. The molecule has 2 aromatic rings. The third-order valence-corrected chi connectivity index (χ3v) is 4.09. The lowest BCUT2D eigenvalue weighted by Crippen LogP contribution is -2.28. The zero-order valence-electron chi connectivity index (χ0n) is 12.0. The van der Waals surface area contributed by atoms with Gasteiger partial charge in [-0.1, -0.05) is 25.1 Å². The number of ether oxygens (including phenoxy) is 1. The van der Waals surface area contributed by atoms with Crippen LogP contribution in [0.2, 0.25) is 0 Å². The van der Waals surface area contributed by atoms with E-state index in [1.54, 1.807) is 7.11 Å². The zero-order valence-corrected chi connectivity index (χ0v) is 12.0. The Balaban J connectivity index is 1.86. The first-order chi connectivity index (χ1) is 9.67. The van der Waals surface area contributed by atoms with Crippen molar-refractivity contribution in [1.82, 2.24) is 9.88 Å². The van der Waals surface area contributed by atoms with Crippen molar-refractivity contribution >= 4 is 10.9 Å². The third-order valence-electron chi connectivity index (χ3n) is 4.09. The molecular weight excluding hydrogens is 250 g/mol. The third kappa shape index (κ3) is 2.49. The minimum absolute atomic E-state index is 0.282. The molecule has 0 amide bonds.